The molecule has 0 aliphatic rings. The SMILES string of the molecule is CC(C)(C)[Si](C)(C)OCC(O)c1ccc(F)c(Cl)c1. The third-order valence-electron chi connectivity index (χ3n) is 3.74. The molecule has 1 unspecified atom stereocenters. The van der Waals surface area contributed by atoms with Crippen LogP contribution in [-0.2, 0) is 4.43 Å². The average Bonchev–Trinajstić information content (AvgIpc) is 2.28. The molecule has 5 heteroatoms. The monoisotopic (exact) mass is 304 g/mol. The summed E-state index contributed by atoms with van der Waals surface area (Å²) in [7, 11) is -1.89. The van der Waals surface area contributed by atoms with Gasteiger partial charge in [-0.1, -0.05) is 38.4 Å². The van der Waals surface area contributed by atoms with Gasteiger partial charge in [0.1, 0.15) is 11.9 Å². The molecule has 108 valence electrons. The van der Waals surface area contributed by atoms with E-state index in [1.165, 1.54) is 18.2 Å². The fraction of sp³-hybridized carbons (Fsp3) is 0.571. The van der Waals surface area contributed by atoms with Crippen molar-refractivity contribution < 1.29 is 13.9 Å². The summed E-state index contributed by atoms with van der Waals surface area (Å²) >= 11 is 5.70. The number of aliphatic hydroxyl groups is 1. The van der Waals surface area contributed by atoms with E-state index in [0.29, 0.717) is 5.56 Å². The van der Waals surface area contributed by atoms with Gasteiger partial charge in [0.2, 0.25) is 0 Å². The fourth-order valence-corrected chi connectivity index (χ4v) is 2.52. The predicted octanol–water partition coefficient (Wildman–Crippen LogP) is 4.53. The molecule has 0 amide bonds. The van der Waals surface area contributed by atoms with E-state index in [-0.39, 0.29) is 16.7 Å². The van der Waals surface area contributed by atoms with Gasteiger partial charge in [0, 0.05) is 0 Å². The van der Waals surface area contributed by atoms with Crippen molar-refractivity contribution in [1.29, 1.82) is 0 Å². The summed E-state index contributed by atoms with van der Waals surface area (Å²) in [6.45, 7) is 10.9. The Balaban J connectivity index is 2.70. The second-order valence-corrected chi connectivity index (χ2v) is 11.5. The summed E-state index contributed by atoms with van der Waals surface area (Å²) < 4.78 is 19.0. The van der Waals surface area contributed by atoms with Crippen molar-refractivity contribution >= 4 is 19.9 Å². The van der Waals surface area contributed by atoms with Gasteiger partial charge in [-0.05, 0) is 35.8 Å². The number of benzene rings is 1. The molecule has 0 spiro atoms. The molecule has 1 atom stereocenters. The van der Waals surface area contributed by atoms with Crippen LogP contribution >= 0.6 is 11.6 Å². The molecule has 1 aromatic carbocycles. The summed E-state index contributed by atoms with van der Waals surface area (Å²) in [5.41, 5.74) is 0.574. The molecular formula is C14H22ClFO2Si. The maximum absolute atomic E-state index is 13.1. The molecule has 0 radical (unpaired) electrons. The van der Waals surface area contributed by atoms with E-state index < -0.39 is 20.2 Å². The lowest BCUT2D eigenvalue weighted by molar-refractivity contribution is 0.100. The van der Waals surface area contributed by atoms with Crippen LogP contribution in [0.5, 0.6) is 0 Å². The van der Waals surface area contributed by atoms with Crippen LogP contribution in [0, 0.1) is 5.82 Å². The highest BCUT2D eigenvalue weighted by Gasteiger charge is 2.37. The Bertz CT molecular complexity index is 444. The average molecular weight is 305 g/mol. The van der Waals surface area contributed by atoms with Gasteiger partial charge in [-0.15, -0.1) is 0 Å². The van der Waals surface area contributed by atoms with E-state index in [4.69, 9.17) is 16.0 Å². The maximum atomic E-state index is 13.1. The maximum Gasteiger partial charge on any atom is 0.192 e. The molecule has 0 saturated heterocycles. The van der Waals surface area contributed by atoms with Crippen molar-refractivity contribution in [1.82, 2.24) is 0 Å². The molecule has 0 saturated carbocycles. The van der Waals surface area contributed by atoms with Gasteiger partial charge in [0.15, 0.2) is 8.32 Å². The van der Waals surface area contributed by atoms with E-state index in [1.54, 1.807) is 0 Å². The summed E-state index contributed by atoms with van der Waals surface area (Å²) in [6.07, 6.45) is -0.785. The standard InChI is InChI=1S/C14H22ClFO2Si/c1-14(2,3)19(4,5)18-9-13(17)10-6-7-12(16)11(15)8-10/h6-8,13,17H,9H2,1-5H3. The van der Waals surface area contributed by atoms with Gasteiger partial charge in [-0.2, -0.15) is 0 Å². The zero-order valence-corrected chi connectivity index (χ0v) is 13.9. The molecule has 0 aliphatic carbocycles. The van der Waals surface area contributed by atoms with E-state index >= 15 is 0 Å². The highest BCUT2D eigenvalue weighted by Crippen LogP contribution is 2.37. The van der Waals surface area contributed by atoms with Gasteiger partial charge in [0.05, 0.1) is 11.6 Å². The second kappa shape index (κ2) is 5.91. The Kier molecular flexibility index (Phi) is 5.18. The van der Waals surface area contributed by atoms with Crippen LogP contribution in [0.15, 0.2) is 18.2 Å². The van der Waals surface area contributed by atoms with Crippen molar-refractivity contribution in [2.24, 2.45) is 0 Å². The van der Waals surface area contributed by atoms with Gasteiger partial charge >= 0.3 is 0 Å². The number of rotatable bonds is 4. The van der Waals surface area contributed by atoms with Crippen LogP contribution in [0.25, 0.3) is 0 Å². The Labute approximate surface area is 120 Å². The van der Waals surface area contributed by atoms with Gasteiger partial charge in [-0.25, -0.2) is 4.39 Å². The van der Waals surface area contributed by atoms with E-state index in [2.05, 4.69) is 33.9 Å². The van der Waals surface area contributed by atoms with Crippen LogP contribution < -0.4 is 0 Å². The molecule has 0 fully saturated rings. The molecule has 0 aliphatic heterocycles. The Morgan fingerprint density at radius 3 is 2.42 bits per heavy atom. The molecule has 19 heavy (non-hydrogen) atoms. The van der Waals surface area contributed by atoms with E-state index in [9.17, 15) is 9.50 Å². The Morgan fingerprint density at radius 1 is 1.37 bits per heavy atom. The van der Waals surface area contributed by atoms with Gasteiger partial charge in [-0.3, -0.25) is 0 Å². The van der Waals surface area contributed by atoms with E-state index in [1.807, 2.05) is 0 Å². The summed E-state index contributed by atoms with van der Waals surface area (Å²) in [4.78, 5) is 0. The predicted molar refractivity (Wildman–Crippen MR) is 79.5 cm³/mol. The van der Waals surface area contributed by atoms with Crippen molar-refractivity contribution in [2.45, 2.75) is 45.0 Å². The smallest absolute Gasteiger partial charge is 0.192 e. The molecule has 1 rings (SSSR count). The van der Waals surface area contributed by atoms with Gasteiger partial charge in [0.25, 0.3) is 0 Å². The zero-order valence-electron chi connectivity index (χ0n) is 12.1. The highest BCUT2D eigenvalue weighted by atomic mass is 35.5. The largest absolute Gasteiger partial charge is 0.414 e. The van der Waals surface area contributed by atoms with Crippen molar-refractivity contribution in [3.05, 3.63) is 34.6 Å². The van der Waals surface area contributed by atoms with Crippen molar-refractivity contribution in [2.75, 3.05) is 6.61 Å². The minimum absolute atomic E-state index is 0.0175. The van der Waals surface area contributed by atoms with Crippen LogP contribution in [0.1, 0.15) is 32.4 Å². The number of aliphatic hydroxyl groups excluding tert-OH is 1. The molecule has 0 heterocycles. The Hall–Kier alpha value is -0.423. The van der Waals surface area contributed by atoms with Gasteiger partial charge < -0.3 is 9.53 Å². The second-order valence-electron chi connectivity index (χ2n) is 6.26. The quantitative estimate of drug-likeness (QED) is 0.828. The first kappa shape index (κ1) is 16.6. The zero-order chi connectivity index (χ0) is 14.8. The number of hydrogen-bond acceptors (Lipinski definition) is 2. The lowest BCUT2D eigenvalue weighted by atomic mass is 10.1. The minimum atomic E-state index is -1.89. The van der Waals surface area contributed by atoms with Crippen molar-refractivity contribution in [3.8, 4) is 0 Å². The highest BCUT2D eigenvalue weighted by molar-refractivity contribution is 6.74. The molecule has 0 bridgehead atoms. The molecule has 2 nitrogen and oxygen atoms in total. The first-order valence-electron chi connectivity index (χ1n) is 6.31. The Morgan fingerprint density at radius 2 is 1.95 bits per heavy atom. The van der Waals surface area contributed by atoms with Crippen LogP contribution in [0.3, 0.4) is 0 Å². The lowest BCUT2D eigenvalue weighted by Gasteiger charge is -2.36. The number of halogens is 2. The normalized spacial score (nSPS) is 14.5. The van der Waals surface area contributed by atoms with Crippen molar-refractivity contribution in [3.63, 3.8) is 0 Å². The van der Waals surface area contributed by atoms with Crippen LogP contribution in [-0.4, -0.2) is 20.0 Å². The summed E-state index contributed by atoms with van der Waals surface area (Å²) in [5, 5.41) is 10.2. The molecular weight excluding hydrogens is 283 g/mol. The first-order valence-corrected chi connectivity index (χ1v) is 9.60. The molecule has 0 aromatic heterocycles. The number of hydrogen-bond donors (Lipinski definition) is 1. The minimum Gasteiger partial charge on any atom is -0.414 e. The summed E-state index contributed by atoms with van der Waals surface area (Å²) in [5.74, 6) is -0.483. The molecule has 1 N–H and O–H groups in total. The van der Waals surface area contributed by atoms with Crippen LogP contribution in [0.2, 0.25) is 23.2 Å². The molecule has 1 aromatic rings. The third-order valence-corrected chi connectivity index (χ3v) is 8.53. The fourth-order valence-electron chi connectivity index (χ4n) is 1.32. The van der Waals surface area contributed by atoms with Crippen LogP contribution in [0.4, 0.5) is 4.39 Å². The summed E-state index contributed by atoms with van der Waals surface area (Å²) in [6, 6.07) is 4.23. The third kappa shape index (κ3) is 4.28. The van der Waals surface area contributed by atoms with E-state index in [0.717, 1.165) is 0 Å². The topological polar surface area (TPSA) is 29.5 Å². The lowest BCUT2D eigenvalue weighted by Crippen LogP contribution is -2.41. The first-order chi connectivity index (χ1) is 8.54.